The Morgan fingerprint density at radius 1 is 1.07 bits per heavy atom. The van der Waals surface area contributed by atoms with E-state index in [0.29, 0.717) is 70.5 Å². The molecule has 4 atom stereocenters. The number of carbonyl (C=O) groups excluding carboxylic acids is 5. The molecule has 4 bridgehead atoms. The number of methoxy groups -OCH3 is 1. The highest BCUT2D eigenvalue weighted by Crippen LogP contribution is 2.41. The third-order valence-corrected chi connectivity index (χ3v) is 13.5. The summed E-state index contributed by atoms with van der Waals surface area (Å²) in [6.45, 7) is 13.1. The minimum Gasteiger partial charge on any atom is -0.508 e. The standard InChI is InChI=1S/C51H68N8O8/c1-8-59-43-12-11-33-24-37(43)38(45(59)39-26-53-17-13-34(39)28-66-7)25-51(4,5)29-67-50(65)40(52)10-9-16-54-46(61)41(22-31-20-35(33)23-36(60)21-31)56-47(62)44(30(2)3)57(6)48(63)32-14-18-58(19-15-32)49(64)42-27-55-42/h11-13,17,20-21,23-24,26,30,32,40-42,44,55,60H,8-10,14-16,18-19,22,25,27-29,52H2,1-7H3,(H,54,61)(H,56,62)/p+1/t40-,41-,42-,44-/m0/s1. The van der Waals surface area contributed by atoms with Gasteiger partial charge < -0.3 is 50.6 Å². The van der Waals surface area contributed by atoms with Gasteiger partial charge in [0, 0.05) is 99.9 Å². The molecule has 0 unspecified atom stereocenters. The molecule has 2 aromatic carbocycles. The van der Waals surface area contributed by atoms with Crippen molar-refractivity contribution in [2.75, 3.05) is 46.9 Å². The highest BCUT2D eigenvalue weighted by molar-refractivity contribution is 5.96. The quantitative estimate of drug-likeness (QED) is 0.115. The molecule has 5 heterocycles. The van der Waals surface area contributed by atoms with Crippen molar-refractivity contribution in [3.05, 3.63) is 71.5 Å². The number of rotatable bonds is 10. The summed E-state index contributed by atoms with van der Waals surface area (Å²) in [6.07, 6.45) is 6.02. The summed E-state index contributed by atoms with van der Waals surface area (Å²) in [5, 5.41) is 21.3. The Labute approximate surface area is 393 Å². The first-order valence-electron chi connectivity index (χ1n) is 23.8. The number of fused-ring (bicyclic) bond motifs is 4. The number of phenols is 1. The van der Waals surface area contributed by atoms with Crippen LogP contribution in [0, 0.1) is 17.3 Å². The summed E-state index contributed by atoms with van der Waals surface area (Å²) in [4.78, 5) is 76.4. The van der Waals surface area contributed by atoms with Gasteiger partial charge in [0.15, 0.2) is 6.04 Å². The SMILES string of the molecule is CCn1c(-c2cnccc2COC)c2c3cc(ccc31)-c1cc(O)cc(c1)C[C@H](NC(=O)[C@H](C(C)C)N(C)C(=O)C1CCN(C(=O)[C@@H]3CN3)CC1)C(=O)NCCC[C@H]([NH3+])C(=O)OCC(C)(C)C2. The van der Waals surface area contributed by atoms with Crippen molar-refractivity contribution in [3.8, 4) is 28.1 Å². The van der Waals surface area contributed by atoms with Gasteiger partial charge in [-0.25, -0.2) is 4.79 Å². The van der Waals surface area contributed by atoms with Crippen molar-refractivity contribution in [2.24, 2.45) is 17.3 Å². The van der Waals surface area contributed by atoms with Crippen LogP contribution in [0.5, 0.6) is 5.75 Å². The number of ether oxygens (including phenoxy) is 2. The number of pyridine rings is 1. The van der Waals surface area contributed by atoms with Crippen LogP contribution in [0.1, 0.15) is 77.0 Å². The largest absolute Gasteiger partial charge is 0.508 e. The minimum absolute atomic E-state index is 0.00259. The summed E-state index contributed by atoms with van der Waals surface area (Å²) in [5.41, 5.74) is 10.8. The molecule has 3 aliphatic heterocycles. The van der Waals surface area contributed by atoms with Gasteiger partial charge in [-0.15, -0.1) is 0 Å². The van der Waals surface area contributed by atoms with E-state index >= 15 is 0 Å². The lowest BCUT2D eigenvalue weighted by Gasteiger charge is -2.37. The van der Waals surface area contributed by atoms with Crippen molar-refractivity contribution >= 4 is 40.5 Å². The Kier molecular flexibility index (Phi) is 15.4. The van der Waals surface area contributed by atoms with Gasteiger partial charge in [-0.05, 0) is 96.7 Å². The number of hydrogen-bond donors (Lipinski definition) is 5. The van der Waals surface area contributed by atoms with E-state index in [0.717, 1.165) is 44.4 Å². The maximum Gasteiger partial charge on any atom is 0.364 e. The maximum absolute atomic E-state index is 14.4. The predicted octanol–water partition coefficient (Wildman–Crippen LogP) is 3.60. The number of benzene rings is 2. The molecule has 16 heteroatoms. The molecule has 7 rings (SSSR count). The Morgan fingerprint density at radius 3 is 2.51 bits per heavy atom. The number of aryl methyl sites for hydroxylation is 1. The van der Waals surface area contributed by atoms with Crippen molar-refractivity contribution in [1.82, 2.24) is 35.3 Å². The monoisotopic (exact) mass is 922 g/mol. The Balaban J connectivity index is 1.23. The average molecular weight is 922 g/mol. The summed E-state index contributed by atoms with van der Waals surface area (Å²) in [6, 6.07) is 10.6. The fourth-order valence-electron chi connectivity index (χ4n) is 9.86. The minimum atomic E-state index is -1.08. The lowest BCUT2D eigenvalue weighted by Crippen LogP contribution is -2.65. The lowest BCUT2D eigenvalue weighted by molar-refractivity contribution is -0.410. The first-order chi connectivity index (χ1) is 32.0. The number of amides is 4. The normalized spacial score (nSPS) is 21.1. The summed E-state index contributed by atoms with van der Waals surface area (Å²) in [5.74, 6) is -2.10. The zero-order valence-corrected chi connectivity index (χ0v) is 40.2. The van der Waals surface area contributed by atoms with Gasteiger partial charge in [-0.2, -0.15) is 0 Å². The molecule has 67 heavy (non-hydrogen) atoms. The second-order valence-corrected chi connectivity index (χ2v) is 19.7. The highest BCUT2D eigenvalue weighted by atomic mass is 16.5. The predicted molar refractivity (Wildman–Crippen MR) is 254 cm³/mol. The van der Waals surface area contributed by atoms with E-state index in [1.54, 1.807) is 37.4 Å². The smallest absolute Gasteiger partial charge is 0.364 e. The fourth-order valence-corrected chi connectivity index (χ4v) is 9.86. The maximum atomic E-state index is 14.4. The van der Waals surface area contributed by atoms with Gasteiger partial charge in [0.1, 0.15) is 17.8 Å². The van der Waals surface area contributed by atoms with E-state index in [1.807, 2.05) is 38.2 Å². The van der Waals surface area contributed by atoms with E-state index in [1.165, 1.54) is 4.90 Å². The second kappa shape index (κ2) is 21.0. The number of esters is 1. The van der Waals surface area contributed by atoms with Crippen molar-refractivity contribution in [1.29, 1.82) is 0 Å². The number of cyclic esters (lactones) is 1. The lowest BCUT2D eigenvalue weighted by atomic mass is 9.84. The van der Waals surface area contributed by atoms with Crippen LogP contribution in [-0.4, -0.2) is 125 Å². The van der Waals surface area contributed by atoms with Crippen LogP contribution in [0.4, 0.5) is 0 Å². The molecule has 4 aromatic rings. The third-order valence-electron chi connectivity index (χ3n) is 13.5. The van der Waals surface area contributed by atoms with Crippen LogP contribution in [0.25, 0.3) is 33.3 Å². The van der Waals surface area contributed by atoms with E-state index in [-0.39, 0.29) is 55.0 Å². The van der Waals surface area contributed by atoms with Gasteiger partial charge >= 0.3 is 5.97 Å². The van der Waals surface area contributed by atoms with E-state index in [9.17, 15) is 29.1 Å². The number of likely N-dealkylation sites (tertiary alicyclic amines) is 1. The molecule has 2 aromatic heterocycles. The van der Waals surface area contributed by atoms with Gasteiger partial charge in [-0.3, -0.25) is 24.2 Å². The number of nitrogens with zero attached hydrogens (tertiary/aromatic N) is 4. The zero-order chi connectivity index (χ0) is 48.2. The third kappa shape index (κ3) is 11.3. The molecule has 3 aliphatic rings. The number of likely N-dealkylation sites (N-methyl/N-ethyl adjacent to an activating group) is 1. The van der Waals surface area contributed by atoms with Crippen LogP contribution in [-0.2, 0) is 59.4 Å². The molecule has 0 spiro atoms. The van der Waals surface area contributed by atoms with Crippen molar-refractivity contribution in [2.45, 2.75) is 110 Å². The molecule has 0 saturated carbocycles. The van der Waals surface area contributed by atoms with Gasteiger partial charge in [0.2, 0.25) is 23.6 Å². The zero-order valence-electron chi connectivity index (χ0n) is 40.2. The number of hydrogen-bond acceptors (Lipinski definition) is 10. The topological polar surface area (TPSA) is 222 Å². The van der Waals surface area contributed by atoms with E-state index in [4.69, 9.17) is 9.47 Å². The number of aromatic nitrogens is 2. The molecule has 7 N–H and O–H groups in total. The molecule has 2 saturated heterocycles. The molecule has 0 aliphatic carbocycles. The van der Waals surface area contributed by atoms with Crippen molar-refractivity contribution in [3.63, 3.8) is 0 Å². The molecular weight excluding hydrogens is 853 g/mol. The van der Waals surface area contributed by atoms with Gasteiger partial charge in [0.05, 0.1) is 24.9 Å². The summed E-state index contributed by atoms with van der Waals surface area (Å²) in [7, 11) is 3.30. The second-order valence-electron chi connectivity index (χ2n) is 19.7. The Hall–Kier alpha value is -5.84. The number of carbonyl (C=O) groups is 5. The van der Waals surface area contributed by atoms with Crippen LogP contribution in [0.2, 0.25) is 0 Å². The van der Waals surface area contributed by atoms with E-state index in [2.05, 4.69) is 64.1 Å². The molecular formula is C51H69N8O8+. The molecule has 2 fully saturated rings. The number of phenolic OH excluding ortho intramolecular Hbond substituents is 1. The van der Waals surface area contributed by atoms with Crippen LogP contribution < -0.4 is 21.7 Å². The summed E-state index contributed by atoms with van der Waals surface area (Å²) >= 11 is 0. The molecule has 16 nitrogen and oxygen atoms in total. The first-order valence-corrected chi connectivity index (χ1v) is 23.8. The fraction of sp³-hybridized carbons (Fsp3) is 0.529. The van der Waals surface area contributed by atoms with E-state index < -0.39 is 41.3 Å². The number of aromatic hydroxyl groups is 1. The number of nitrogens with one attached hydrogen (secondary N) is 3. The van der Waals surface area contributed by atoms with Crippen molar-refractivity contribution < 1.29 is 44.3 Å². The van der Waals surface area contributed by atoms with Gasteiger partial charge in [0.25, 0.3) is 0 Å². The Morgan fingerprint density at radius 2 is 1.82 bits per heavy atom. The van der Waals surface area contributed by atoms with Crippen LogP contribution in [0.15, 0.2) is 54.9 Å². The van der Waals surface area contributed by atoms with Crippen LogP contribution in [0.3, 0.4) is 0 Å². The first kappa shape index (κ1) is 49.1. The average Bonchev–Trinajstić information content (AvgIpc) is 4.11. The van der Waals surface area contributed by atoms with Crippen LogP contribution >= 0.6 is 0 Å². The Bertz CT molecular complexity index is 2470. The molecule has 4 amide bonds. The number of quaternary nitrogens is 1. The summed E-state index contributed by atoms with van der Waals surface area (Å²) < 4.78 is 13.9. The molecule has 360 valence electrons. The van der Waals surface area contributed by atoms with Gasteiger partial charge in [-0.1, -0.05) is 39.8 Å². The molecule has 0 radical (unpaired) electrons. The number of piperidine rings is 1. The highest BCUT2D eigenvalue weighted by Gasteiger charge is 2.39.